The molecule has 1 N–H and O–H groups in total. The molecule has 2 atom stereocenters. The molecule has 0 aliphatic rings. The van der Waals surface area contributed by atoms with Gasteiger partial charge in [-0.05, 0) is 31.2 Å². The van der Waals surface area contributed by atoms with Gasteiger partial charge >= 0.3 is 0 Å². The van der Waals surface area contributed by atoms with Gasteiger partial charge in [-0.1, -0.05) is 37.3 Å². The second kappa shape index (κ2) is 7.57. The third-order valence-corrected chi connectivity index (χ3v) is 4.91. The molecule has 0 fully saturated rings. The van der Waals surface area contributed by atoms with Crippen LogP contribution in [0.15, 0.2) is 53.4 Å². The summed E-state index contributed by atoms with van der Waals surface area (Å²) >= 11 is 1.45. The number of hydrogen-bond donors (Lipinski definition) is 1. The lowest BCUT2D eigenvalue weighted by Crippen LogP contribution is -2.27. The van der Waals surface area contributed by atoms with Gasteiger partial charge in [0.25, 0.3) is 0 Å². The van der Waals surface area contributed by atoms with Crippen molar-refractivity contribution in [3.63, 3.8) is 0 Å². The summed E-state index contributed by atoms with van der Waals surface area (Å²) in [5.74, 6) is -1.04. The molecule has 0 spiro atoms. The molecule has 0 amide bonds. The molecule has 0 aliphatic heterocycles. The highest BCUT2D eigenvalue weighted by Crippen LogP contribution is 2.35. The van der Waals surface area contributed by atoms with Crippen LogP contribution in [0.4, 0.5) is 8.78 Å². The topological polar surface area (TPSA) is 12.0 Å². The van der Waals surface area contributed by atoms with Crippen molar-refractivity contribution in [2.75, 3.05) is 7.05 Å². The van der Waals surface area contributed by atoms with Gasteiger partial charge in [0, 0.05) is 22.3 Å². The van der Waals surface area contributed by atoms with E-state index in [-0.39, 0.29) is 11.3 Å². The molecular formula is C17H19F2NS. The maximum absolute atomic E-state index is 13.8. The number of halogens is 2. The van der Waals surface area contributed by atoms with Gasteiger partial charge in [-0.15, -0.1) is 11.8 Å². The van der Waals surface area contributed by atoms with Crippen LogP contribution in [0, 0.1) is 11.6 Å². The molecule has 0 radical (unpaired) electrons. The van der Waals surface area contributed by atoms with Crippen LogP contribution in [-0.2, 0) is 0 Å². The zero-order valence-corrected chi connectivity index (χ0v) is 13.0. The molecule has 0 aliphatic carbocycles. The van der Waals surface area contributed by atoms with Gasteiger partial charge in [0.2, 0.25) is 0 Å². The first-order chi connectivity index (χ1) is 10.2. The van der Waals surface area contributed by atoms with Crippen molar-refractivity contribution in [3.8, 4) is 0 Å². The first kappa shape index (κ1) is 16.0. The first-order valence-electron chi connectivity index (χ1n) is 6.99. The lowest BCUT2D eigenvalue weighted by Gasteiger charge is -2.26. The predicted molar refractivity (Wildman–Crippen MR) is 84.5 cm³/mol. The summed E-state index contributed by atoms with van der Waals surface area (Å²) in [6, 6.07) is 14.0. The Hall–Kier alpha value is -1.39. The highest BCUT2D eigenvalue weighted by molar-refractivity contribution is 8.00. The molecule has 0 bridgehead atoms. The maximum atomic E-state index is 13.8. The fourth-order valence-electron chi connectivity index (χ4n) is 2.35. The third kappa shape index (κ3) is 4.05. The lowest BCUT2D eigenvalue weighted by molar-refractivity contribution is 0.548. The van der Waals surface area contributed by atoms with Crippen molar-refractivity contribution in [3.05, 3.63) is 65.7 Å². The number of hydrogen-bond acceptors (Lipinski definition) is 2. The SMILES string of the molecule is CCC(Sc1ccc(F)cc1F)C(NC)c1ccccc1. The number of rotatable bonds is 6. The molecule has 0 heterocycles. The lowest BCUT2D eigenvalue weighted by atomic mass is 10.0. The van der Waals surface area contributed by atoms with E-state index >= 15 is 0 Å². The number of benzene rings is 2. The van der Waals surface area contributed by atoms with Crippen LogP contribution in [0.1, 0.15) is 24.9 Å². The Balaban J connectivity index is 2.22. The van der Waals surface area contributed by atoms with Gasteiger partial charge in [-0.3, -0.25) is 0 Å². The van der Waals surface area contributed by atoms with Crippen molar-refractivity contribution in [1.82, 2.24) is 5.32 Å². The van der Waals surface area contributed by atoms with Crippen molar-refractivity contribution in [2.45, 2.75) is 29.5 Å². The monoisotopic (exact) mass is 307 g/mol. The summed E-state index contributed by atoms with van der Waals surface area (Å²) in [4.78, 5) is 0.486. The Kier molecular flexibility index (Phi) is 5.76. The molecule has 2 unspecified atom stereocenters. The largest absolute Gasteiger partial charge is 0.312 e. The minimum Gasteiger partial charge on any atom is -0.312 e. The van der Waals surface area contributed by atoms with E-state index in [1.54, 1.807) is 0 Å². The molecule has 0 saturated carbocycles. The van der Waals surface area contributed by atoms with Gasteiger partial charge in [0.1, 0.15) is 11.6 Å². The molecule has 2 aromatic rings. The number of thioether (sulfide) groups is 1. The van der Waals surface area contributed by atoms with Gasteiger partial charge in [-0.25, -0.2) is 8.78 Å². The van der Waals surface area contributed by atoms with E-state index in [9.17, 15) is 8.78 Å². The van der Waals surface area contributed by atoms with Gasteiger partial charge in [-0.2, -0.15) is 0 Å². The van der Waals surface area contributed by atoms with Crippen molar-refractivity contribution in [2.24, 2.45) is 0 Å². The van der Waals surface area contributed by atoms with E-state index in [4.69, 9.17) is 0 Å². The minimum absolute atomic E-state index is 0.116. The Morgan fingerprint density at radius 1 is 1.10 bits per heavy atom. The third-order valence-electron chi connectivity index (χ3n) is 3.42. The van der Waals surface area contributed by atoms with Gasteiger partial charge < -0.3 is 5.32 Å². The molecule has 2 rings (SSSR count). The minimum atomic E-state index is -0.543. The van der Waals surface area contributed by atoms with Crippen LogP contribution in [-0.4, -0.2) is 12.3 Å². The van der Waals surface area contributed by atoms with Gasteiger partial charge in [0.05, 0.1) is 0 Å². The zero-order chi connectivity index (χ0) is 15.2. The van der Waals surface area contributed by atoms with Crippen LogP contribution >= 0.6 is 11.8 Å². The Bertz CT molecular complexity index is 574. The molecule has 1 nitrogen and oxygen atoms in total. The predicted octanol–water partition coefficient (Wildman–Crippen LogP) is 4.80. The van der Waals surface area contributed by atoms with E-state index in [1.165, 1.54) is 29.5 Å². The van der Waals surface area contributed by atoms with Crippen molar-refractivity contribution >= 4 is 11.8 Å². The molecule has 0 saturated heterocycles. The first-order valence-corrected chi connectivity index (χ1v) is 7.87. The fraction of sp³-hybridized carbons (Fsp3) is 0.294. The summed E-state index contributed by atoms with van der Waals surface area (Å²) < 4.78 is 26.8. The molecule has 0 aromatic heterocycles. The van der Waals surface area contributed by atoms with E-state index in [1.807, 2.05) is 25.2 Å². The van der Waals surface area contributed by atoms with Crippen LogP contribution < -0.4 is 5.32 Å². The molecule has 112 valence electrons. The quantitative estimate of drug-likeness (QED) is 0.770. The smallest absolute Gasteiger partial charge is 0.139 e. The standard InChI is InChI=1S/C17H19F2NS/c1-3-15(17(20-2)12-7-5-4-6-8-12)21-16-10-9-13(18)11-14(16)19/h4-11,15,17,20H,3H2,1-2H3. The van der Waals surface area contributed by atoms with Crippen molar-refractivity contribution in [1.29, 1.82) is 0 Å². The van der Waals surface area contributed by atoms with E-state index in [0.29, 0.717) is 4.90 Å². The average molecular weight is 307 g/mol. The maximum Gasteiger partial charge on any atom is 0.139 e. The van der Waals surface area contributed by atoms with Crippen LogP contribution in [0.5, 0.6) is 0 Å². The summed E-state index contributed by atoms with van der Waals surface area (Å²) in [7, 11) is 1.90. The van der Waals surface area contributed by atoms with Crippen LogP contribution in [0.2, 0.25) is 0 Å². The zero-order valence-electron chi connectivity index (χ0n) is 12.1. The van der Waals surface area contributed by atoms with Crippen molar-refractivity contribution < 1.29 is 8.78 Å². The normalized spacial score (nSPS) is 13.9. The second-order valence-electron chi connectivity index (χ2n) is 4.82. The van der Waals surface area contributed by atoms with Crippen LogP contribution in [0.25, 0.3) is 0 Å². The highest BCUT2D eigenvalue weighted by Gasteiger charge is 2.22. The Morgan fingerprint density at radius 2 is 1.81 bits per heavy atom. The molecule has 21 heavy (non-hydrogen) atoms. The second-order valence-corrected chi connectivity index (χ2v) is 6.10. The Labute approximate surface area is 128 Å². The van der Waals surface area contributed by atoms with E-state index in [2.05, 4.69) is 24.4 Å². The van der Waals surface area contributed by atoms with E-state index in [0.717, 1.165) is 12.5 Å². The van der Waals surface area contributed by atoms with E-state index < -0.39 is 11.6 Å². The summed E-state index contributed by atoms with van der Waals surface area (Å²) in [5.41, 5.74) is 1.17. The highest BCUT2D eigenvalue weighted by atomic mass is 32.2. The summed E-state index contributed by atoms with van der Waals surface area (Å²) in [5, 5.41) is 3.47. The molecule has 2 aromatic carbocycles. The van der Waals surface area contributed by atoms with Gasteiger partial charge in [0.15, 0.2) is 0 Å². The molecular weight excluding hydrogens is 288 g/mol. The average Bonchev–Trinajstić information content (AvgIpc) is 2.50. The summed E-state index contributed by atoms with van der Waals surface area (Å²) in [6.07, 6.45) is 0.877. The summed E-state index contributed by atoms with van der Waals surface area (Å²) in [6.45, 7) is 2.08. The number of nitrogens with one attached hydrogen (secondary N) is 1. The molecule has 4 heteroatoms. The Morgan fingerprint density at radius 3 is 2.38 bits per heavy atom. The fourth-order valence-corrected chi connectivity index (χ4v) is 3.59. The van der Waals surface area contributed by atoms with Crippen LogP contribution in [0.3, 0.4) is 0 Å².